The van der Waals surface area contributed by atoms with Crippen LogP contribution in [0.15, 0.2) is 54.6 Å². The number of rotatable bonds is 7. The highest BCUT2D eigenvalue weighted by molar-refractivity contribution is 5.71. The van der Waals surface area contributed by atoms with Gasteiger partial charge in [0.2, 0.25) is 0 Å². The van der Waals surface area contributed by atoms with Crippen molar-refractivity contribution in [3.05, 3.63) is 75.8 Å². The summed E-state index contributed by atoms with van der Waals surface area (Å²) in [6.45, 7) is 1.95. The van der Waals surface area contributed by atoms with E-state index in [-0.39, 0.29) is 18.7 Å². The Kier molecular flexibility index (Phi) is 6.24. The summed E-state index contributed by atoms with van der Waals surface area (Å²) in [5.74, 6) is -1.81. The number of nitriles is 1. The summed E-state index contributed by atoms with van der Waals surface area (Å²) in [5.41, 5.74) is 0.937. The molecule has 2 atom stereocenters. The van der Waals surface area contributed by atoms with Crippen LogP contribution < -0.4 is 0 Å². The second-order valence-electron chi connectivity index (χ2n) is 5.45. The Hall–Kier alpha value is -3.20. The van der Waals surface area contributed by atoms with Gasteiger partial charge in [-0.3, -0.25) is 14.9 Å². The zero-order chi connectivity index (χ0) is 18.2. The first-order valence-corrected chi connectivity index (χ1v) is 7.92. The lowest BCUT2D eigenvalue weighted by Crippen LogP contribution is -2.17. The van der Waals surface area contributed by atoms with Gasteiger partial charge in [-0.1, -0.05) is 48.5 Å². The number of para-hydroxylation sites is 1. The van der Waals surface area contributed by atoms with Gasteiger partial charge in [0.1, 0.15) is 0 Å². The number of benzene rings is 2. The lowest BCUT2D eigenvalue weighted by Gasteiger charge is -2.22. The zero-order valence-corrected chi connectivity index (χ0v) is 13.8. The molecule has 0 N–H and O–H groups in total. The van der Waals surface area contributed by atoms with E-state index in [9.17, 15) is 20.2 Å². The van der Waals surface area contributed by atoms with Crippen molar-refractivity contribution in [1.29, 1.82) is 5.26 Å². The molecule has 0 aliphatic heterocycles. The fourth-order valence-corrected chi connectivity index (χ4v) is 2.82. The molecule has 0 bridgehead atoms. The Morgan fingerprint density at radius 2 is 1.84 bits per heavy atom. The average molecular weight is 338 g/mol. The minimum Gasteiger partial charge on any atom is -0.466 e. The van der Waals surface area contributed by atoms with Crippen LogP contribution in [0.3, 0.4) is 0 Å². The van der Waals surface area contributed by atoms with Crippen molar-refractivity contribution in [3.63, 3.8) is 0 Å². The molecule has 6 heteroatoms. The SMILES string of the molecule is CCOC(=O)CC(c1ccccc1)C(C#N)c1ccccc1[N+](=O)[O-]. The minimum atomic E-state index is -0.839. The molecule has 6 nitrogen and oxygen atoms in total. The maximum absolute atomic E-state index is 12.0. The first kappa shape index (κ1) is 18.1. The predicted octanol–water partition coefficient (Wildman–Crippen LogP) is 3.94. The van der Waals surface area contributed by atoms with Gasteiger partial charge in [-0.25, -0.2) is 0 Å². The molecule has 2 aromatic rings. The van der Waals surface area contributed by atoms with Gasteiger partial charge >= 0.3 is 5.97 Å². The molecule has 0 aliphatic rings. The van der Waals surface area contributed by atoms with Crippen LogP contribution >= 0.6 is 0 Å². The second-order valence-corrected chi connectivity index (χ2v) is 5.45. The highest BCUT2D eigenvalue weighted by atomic mass is 16.6. The van der Waals surface area contributed by atoms with E-state index < -0.39 is 22.7 Å². The van der Waals surface area contributed by atoms with Crippen molar-refractivity contribution < 1.29 is 14.5 Å². The Morgan fingerprint density at radius 3 is 2.44 bits per heavy atom. The molecule has 128 valence electrons. The van der Waals surface area contributed by atoms with Crippen molar-refractivity contribution >= 4 is 11.7 Å². The maximum Gasteiger partial charge on any atom is 0.306 e. The average Bonchev–Trinajstić information content (AvgIpc) is 2.62. The van der Waals surface area contributed by atoms with Gasteiger partial charge in [-0.05, 0) is 12.5 Å². The van der Waals surface area contributed by atoms with Crippen LogP contribution in [0.1, 0.15) is 36.3 Å². The number of carbonyl (C=O) groups is 1. The summed E-state index contributed by atoms with van der Waals surface area (Å²) in [6.07, 6.45) is -0.0257. The summed E-state index contributed by atoms with van der Waals surface area (Å²) in [4.78, 5) is 22.9. The first-order chi connectivity index (χ1) is 12.1. The molecule has 0 amide bonds. The molecule has 0 radical (unpaired) electrons. The monoisotopic (exact) mass is 338 g/mol. The Morgan fingerprint density at radius 1 is 1.20 bits per heavy atom. The van der Waals surface area contributed by atoms with Crippen molar-refractivity contribution in [2.75, 3.05) is 6.61 Å². The van der Waals surface area contributed by atoms with Crippen LogP contribution in [-0.4, -0.2) is 17.5 Å². The van der Waals surface area contributed by atoms with Gasteiger partial charge in [0.25, 0.3) is 5.69 Å². The molecule has 0 saturated heterocycles. The fraction of sp³-hybridized carbons (Fsp3) is 0.263. The van der Waals surface area contributed by atoms with E-state index >= 15 is 0 Å². The van der Waals surface area contributed by atoms with Crippen LogP contribution in [0.2, 0.25) is 0 Å². The van der Waals surface area contributed by atoms with E-state index in [0.717, 1.165) is 5.56 Å². The van der Waals surface area contributed by atoms with Crippen molar-refractivity contribution in [3.8, 4) is 6.07 Å². The number of hydrogen-bond donors (Lipinski definition) is 0. The maximum atomic E-state index is 12.0. The molecule has 2 unspecified atom stereocenters. The Labute approximate surface area is 145 Å². The number of nitro benzene ring substituents is 1. The zero-order valence-electron chi connectivity index (χ0n) is 13.8. The van der Waals surface area contributed by atoms with E-state index in [4.69, 9.17) is 4.74 Å². The number of carbonyl (C=O) groups excluding carboxylic acids is 1. The van der Waals surface area contributed by atoms with Crippen molar-refractivity contribution in [1.82, 2.24) is 0 Å². The van der Waals surface area contributed by atoms with E-state index in [1.807, 2.05) is 18.2 Å². The van der Waals surface area contributed by atoms with E-state index in [1.165, 1.54) is 6.07 Å². The molecule has 0 fully saturated rings. The van der Waals surface area contributed by atoms with Crippen LogP contribution in [0, 0.1) is 21.4 Å². The number of hydrogen-bond acceptors (Lipinski definition) is 5. The molecular formula is C19H18N2O4. The fourth-order valence-electron chi connectivity index (χ4n) is 2.82. The van der Waals surface area contributed by atoms with E-state index in [2.05, 4.69) is 6.07 Å². The number of esters is 1. The molecule has 0 heterocycles. The minimum absolute atomic E-state index is 0.0257. The molecule has 0 spiro atoms. The third-order valence-corrected chi connectivity index (χ3v) is 3.93. The predicted molar refractivity (Wildman–Crippen MR) is 91.9 cm³/mol. The van der Waals surface area contributed by atoms with Gasteiger partial charge in [0.15, 0.2) is 0 Å². The lowest BCUT2D eigenvalue weighted by atomic mass is 9.79. The Bertz CT molecular complexity index is 784. The molecule has 2 aromatic carbocycles. The third kappa shape index (κ3) is 4.42. The van der Waals surface area contributed by atoms with Crippen molar-refractivity contribution in [2.45, 2.75) is 25.2 Å². The summed E-state index contributed by atoms with van der Waals surface area (Å²) >= 11 is 0. The summed E-state index contributed by atoms with van der Waals surface area (Å²) < 4.78 is 5.02. The van der Waals surface area contributed by atoms with Gasteiger partial charge < -0.3 is 4.74 Å². The highest BCUT2D eigenvalue weighted by Crippen LogP contribution is 2.39. The lowest BCUT2D eigenvalue weighted by molar-refractivity contribution is -0.385. The summed E-state index contributed by atoms with van der Waals surface area (Å²) in [7, 11) is 0. The Balaban J connectivity index is 2.49. The van der Waals surface area contributed by atoms with Crippen LogP contribution in [0.5, 0.6) is 0 Å². The van der Waals surface area contributed by atoms with Crippen LogP contribution in [-0.2, 0) is 9.53 Å². The number of nitrogens with zero attached hydrogens (tertiary/aromatic N) is 2. The van der Waals surface area contributed by atoms with Crippen LogP contribution in [0.25, 0.3) is 0 Å². The molecule has 25 heavy (non-hydrogen) atoms. The molecular weight excluding hydrogens is 320 g/mol. The quantitative estimate of drug-likeness (QED) is 0.433. The standard InChI is InChI=1S/C19H18N2O4/c1-2-25-19(22)12-16(14-8-4-3-5-9-14)17(13-20)15-10-6-7-11-18(15)21(23)24/h3-11,16-17H,2,12H2,1H3. The van der Waals surface area contributed by atoms with Crippen molar-refractivity contribution in [2.24, 2.45) is 0 Å². The van der Waals surface area contributed by atoms with Gasteiger partial charge in [-0.2, -0.15) is 5.26 Å². The largest absolute Gasteiger partial charge is 0.466 e. The number of ether oxygens (including phenoxy) is 1. The number of nitro groups is 1. The highest BCUT2D eigenvalue weighted by Gasteiger charge is 2.32. The third-order valence-electron chi connectivity index (χ3n) is 3.93. The molecule has 2 rings (SSSR count). The molecule has 0 saturated carbocycles. The normalized spacial score (nSPS) is 12.6. The summed E-state index contributed by atoms with van der Waals surface area (Å²) in [5, 5.41) is 21.1. The first-order valence-electron chi connectivity index (χ1n) is 7.92. The smallest absolute Gasteiger partial charge is 0.306 e. The molecule has 0 aromatic heterocycles. The van der Waals surface area contributed by atoms with Gasteiger partial charge in [0.05, 0.1) is 29.9 Å². The van der Waals surface area contributed by atoms with Crippen LogP contribution in [0.4, 0.5) is 5.69 Å². The molecule has 0 aliphatic carbocycles. The summed E-state index contributed by atoms with van der Waals surface area (Å²) in [6, 6.07) is 17.3. The van der Waals surface area contributed by atoms with E-state index in [1.54, 1.807) is 37.3 Å². The second kappa shape index (κ2) is 8.60. The van der Waals surface area contributed by atoms with Gasteiger partial charge in [-0.15, -0.1) is 0 Å². The van der Waals surface area contributed by atoms with E-state index in [0.29, 0.717) is 5.56 Å². The van der Waals surface area contributed by atoms with Gasteiger partial charge in [0, 0.05) is 17.5 Å². The topological polar surface area (TPSA) is 93.2 Å².